The van der Waals surface area contributed by atoms with Crippen molar-refractivity contribution in [1.82, 2.24) is 5.32 Å². The van der Waals surface area contributed by atoms with Crippen LogP contribution in [0.15, 0.2) is 48.6 Å². The summed E-state index contributed by atoms with van der Waals surface area (Å²) in [5, 5.41) is 33.5. The van der Waals surface area contributed by atoms with Crippen molar-refractivity contribution < 1.29 is 20.1 Å². The summed E-state index contributed by atoms with van der Waals surface area (Å²) >= 11 is 0. The van der Waals surface area contributed by atoms with E-state index in [1.54, 1.807) is 6.08 Å². The van der Waals surface area contributed by atoms with Crippen LogP contribution in [-0.4, -0.2) is 46.1 Å². The third kappa shape index (κ3) is 59.4. The Morgan fingerprint density at radius 2 is 0.589 bits per heavy atom. The number of hydrogen-bond acceptors (Lipinski definition) is 4. The molecule has 430 valence electrons. The lowest BCUT2D eigenvalue weighted by Gasteiger charge is -2.21. The zero-order valence-corrected chi connectivity index (χ0v) is 49.3. The van der Waals surface area contributed by atoms with Crippen molar-refractivity contribution in [2.24, 2.45) is 0 Å². The van der Waals surface area contributed by atoms with Crippen molar-refractivity contribution in [3.8, 4) is 0 Å². The molecule has 0 aliphatic heterocycles. The van der Waals surface area contributed by atoms with Crippen LogP contribution in [0.1, 0.15) is 354 Å². The van der Waals surface area contributed by atoms with Crippen LogP contribution < -0.4 is 5.32 Å². The number of allylic oxidation sites excluding steroid dienone is 7. The molecule has 5 heteroatoms. The van der Waals surface area contributed by atoms with E-state index in [2.05, 4.69) is 55.6 Å². The molecule has 0 saturated carbocycles. The first-order chi connectivity index (χ1) is 36.0. The molecule has 0 radical (unpaired) electrons. The molecule has 0 aliphatic rings. The average Bonchev–Trinajstić information content (AvgIpc) is 3.39. The van der Waals surface area contributed by atoms with Gasteiger partial charge in [0, 0.05) is 0 Å². The van der Waals surface area contributed by atoms with Crippen LogP contribution in [0.5, 0.6) is 0 Å². The normalized spacial score (nSPS) is 13.4. The molecule has 0 aromatic rings. The van der Waals surface area contributed by atoms with E-state index in [0.717, 1.165) is 38.5 Å². The highest BCUT2D eigenvalue weighted by atomic mass is 16.3. The van der Waals surface area contributed by atoms with Gasteiger partial charge in [-0.15, -0.1) is 0 Å². The zero-order valence-electron chi connectivity index (χ0n) is 49.3. The summed E-state index contributed by atoms with van der Waals surface area (Å²) in [5.41, 5.74) is 0. The van der Waals surface area contributed by atoms with Gasteiger partial charge in [-0.05, 0) is 70.6 Å². The Hall–Kier alpha value is -1.69. The minimum absolute atomic E-state index is 0.00359. The fourth-order valence-electron chi connectivity index (χ4n) is 10.3. The van der Waals surface area contributed by atoms with Gasteiger partial charge >= 0.3 is 0 Å². The molecule has 0 saturated heterocycles. The van der Waals surface area contributed by atoms with Crippen LogP contribution in [0.2, 0.25) is 0 Å². The highest BCUT2D eigenvalue weighted by Crippen LogP contribution is 2.18. The SMILES string of the molecule is CCCCCCCCCCCCCCC/C=C/CC/C=C/CC/C=C/C(O)C(CO)NC(=O)CC(O)CCCCCCCCCCCCCCCCC/C=C\CCCCCCCCCCCCCCCCCC. The van der Waals surface area contributed by atoms with Crippen molar-refractivity contribution in [3.05, 3.63) is 48.6 Å². The number of aliphatic hydroxyl groups excluding tert-OH is 3. The summed E-state index contributed by atoms with van der Waals surface area (Å²) in [6.45, 7) is 4.24. The number of carbonyl (C=O) groups is 1. The maximum atomic E-state index is 12.6. The molecule has 0 spiro atoms. The predicted molar refractivity (Wildman–Crippen MR) is 324 cm³/mol. The molecular formula is C68H129NO4. The molecule has 0 heterocycles. The lowest BCUT2D eigenvalue weighted by atomic mass is 10.0. The van der Waals surface area contributed by atoms with E-state index in [0.29, 0.717) is 6.42 Å². The number of aliphatic hydroxyl groups is 3. The number of hydrogen-bond donors (Lipinski definition) is 4. The highest BCUT2D eigenvalue weighted by Gasteiger charge is 2.20. The molecule has 0 fully saturated rings. The van der Waals surface area contributed by atoms with Gasteiger partial charge in [-0.3, -0.25) is 4.79 Å². The van der Waals surface area contributed by atoms with Gasteiger partial charge in [-0.1, -0.05) is 326 Å². The predicted octanol–water partition coefficient (Wildman–Crippen LogP) is 21.1. The summed E-state index contributed by atoms with van der Waals surface area (Å²) < 4.78 is 0. The fourth-order valence-corrected chi connectivity index (χ4v) is 10.3. The molecule has 5 nitrogen and oxygen atoms in total. The van der Waals surface area contributed by atoms with Crippen LogP contribution >= 0.6 is 0 Å². The number of unbranched alkanes of at least 4 members (excludes halogenated alkanes) is 46. The maximum absolute atomic E-state index is 12.6. The first-order valence-corrected chi connectivity index (χ1v) is 32.9. The van der Waals surface area contributed by atoms with Gasteiger partial charge in [-0.2, -0.15) is 0 Å². The molecule has 3 atom stereocenters. The molecule has 0 aliphatic carbocycles. The van der Waals surface area contributed by atoms with Gasteiger partial charge in [0.1, 0.15) is 0 Å². The molecule has 1 amide bonds. The van der Waals surface area contributed by atoms with Crippen molar-refractivity contribution in [3.63, 3.8) is 0 Å². The molecule has 0 bridgehead atoms. The van der Waals surface area contributed by atoms with Crippen molar-refractivity contribution in [2.45, 2.75) is 372 Å². The van der Waals surface area contributed by atoms with E-state index in [4.69, 9.17) is 0 Å². The minimum atomic E-state index is -0.962. The first-order valence-electron chi connectivity index (χ1n) is 32.9. The second-order valence-electron chi connectivity index (χ2n) is 22.7. The number of nitrogens with one attached hydrogen (secondary N) is 1. The topological polar surface area (TPSA) is 89.8 Å². The molecule has 0 aromatic carbocycles. The van der Waals surface area contributed by atoms with Crippen LogP contribution in [0.25, 0.3) is 0 Å². The maximum Gasteiger partial charge on any atom is 0.222 e. The minimum Gasteiger partial charge on any atom is -0.394 e. The van der Waals surface area contributed by atoms with E-state index in [1.165, 1.54) is 289 Å². The second kappa shape index (κ2) is 62.8. The summed E-state index contributed by atoms with van der Waals surface area (Å²) in [6, 6.07) is -0.770. The van der Waals surface area contributed by atoms with E-state index in [1.807, 2.05) is 6.08 Å². The average molecular weight is 1020 g/mol. The number of carbonyl (C=O) groups excluding carboxylic acids is 1. The standard InChI is InChI=1S/C68H129NO4/c1-3-5-7-9-11-13-15-17-19-21-23-25-27-28-29-30-31-32-33-34-35-36-37-38-40-41-43-45-47-49-51-53-55-57-59-61-65(71)63-68(73)69-66(64-70)67(72)62-60-58-56-54-52-50-48-46-44-42-39-26-24-22-20-18-16-14-12-10-8-6-4-2/h32-33,44,46,52,54,60,62,65-67,70-72H,3-31,34-43,45,47-51,53,55-59,61,63-64H2,1-2H3,(H,69,73)/b33-32-,46-44+,54-52+,62-60+. The zero-order chi connectivity index (χ0) is 52.9. The molecule has 0 rings (SSSR count). The third-order valence-corrected chi connectivity index (χ3v) is 15.3. The van der Waals surface area contributed by atoms with E-state index >= 15 is 0 Å². The molecule has 0 aromatic heterocycles. The Morgan fingerprint density at radius 3 is 0.877 bits per heavy atom. The van der Waals surface area contributed by atoms with Gasteiger partial charge in [0.15, 0.2) is 0 Å². The summed E-state index contributed by atoms with van der Waals surface area (Å²) in [4.78, 5) is 12.6. The van der Waals surface area contributed by atoms with Crippen LogP contribution in [0.3, 0.4) is 0 Å². The Bertz CT molecular complexity index is 1180. The van der Waals surface area contributed by atoms with Gasteiger partial charge in [0.25, 0.3) is 0 Å². The van der Waals surface area contributed by atoms with Crippen LogP contribution in [0, 0.1) is 0 Å². The van der Waals surface area contributed by atoms with Crippen molar-refractivity contribution >= 4 is 5.91 Å². The molecule has 3 unspecified atom stereocenters. The Kier molecular flexibility index (Phi) is 61.4. The summed E-state index contributed by atoms with van der Waals surface area (Å²) in [7, 11) is 0. The van der Waals surface area contributed by atoms with Crippen molar-refractivity contribution in [2.75, 3.05) is 6.61 Å². The second-order valence-corrected chi connectivity index (χ2v) is 22.7. The van der Waals surface area contributed by atoms with Crippen LogP contribution in [0.4, 0.5) is 0 Å². The lowest BCUT2D eigenvalue weighted by molar-refractivity contribution is -0.124. The molecule has 4 N–H and O–H groups in total. The van der Waals surface area contributed by atoms with Gasteiger partial charge in [-0.25, -0.2) is 0 Å². The van der Waals surface area contributed by atoms with Crippen molar-refractivity contribution in [1.29, 1.82) is 0 Å². The van der Waals surface area contributed by atoms with Gasteiger partial charge in [0.05, 0.1) is 31.3 Å². The van der Waals surface area contributed by atoms with Gasteiger partial charge in [0.2, 0.25) is 5.91 Å². The largest absolute Gasteiger partial charge is 0.394 e. The van der Waals surface area contributed by atoms with Gasteiger partial charge < -0.3 is 20.6 Å². The lowest BCUT2D eigenvalue weighted by Crippen LogP contribution is -2.45. The fraction of sp³-hybridized carbons (Fsp3) is 0.868. The highest BCUT2D eigenvalue weighted by molar-refractivity contribution is 5.76. The molecule has 73 heavy (non-hydrogen) atoms. The summed E-state index contributed by atoms with van der Waals surface area (Å²) in [6.07, 6.45) is 84.9. The first kappa shape index (κ1) is 71.3. The number of rotatable bonds is 61. The number of amides is 1. The quantitative estimate of drug-likeness (QED) is 0.0361. The smallest absolute Gasteiger partial charge is 0.222 e. The van der Waals surface area contributed by atoms with E-state index in [-0.39, 0.29) is 18.9 Å². The molecular weight excluding hydrogens is 895 g/mol. The monoisotopic (exact) mass is 1020 g/mol. The van der Waals surface area contributed by atoms with E-state index < -0.39 is 18.2 Å². The Morgan fingerprint density at radius 1 is 0.342 bits per heavy atom. The third-order valence-electron chi connectivity index (χ3n) is 15.3. The Balaban J connectivity index is 3.54. The summed E-state index contributed by atoms with van der Waals surface area (Å²) in [5.74, 6) is -0.325. The van der Waals surface area contributed by atoms with Crippen LogP contribution in [-0.2, 0) is 4.79 Å². The Labute approximate surface area is 457 Å². The van der Waals surface area contributed by atoms with E-state index in [9.17, 15) is 20.1 Å².